The number of hydrogen-bond acceptors (Lipinski definition) is 6. The monoisotopic (exact) mass is 380 g/mol. The Labute approximate surface area is 163 Å². The zero-order valence-corrected chi connectivity index (χ0v) is 15.6. The first kappa shape index (κ1) is 18.4. The Morgan fingerprint density at radius 1 is 1.04 bits per heavy atom. The van der Waals surface area contributed by atoms with E-state index in [1.165, 1.54) is 19.3 Å². The van der Waals surface area contributed by atoms with Gasteiger partial charge in [-0.3, -0.25) is 15.0 Å². The third-order valence-corrected chi connectivity index (χ3v) is 5.14. The van der Waals surface area contributed by atoms with Crippen LogP contribution < -0.4 is 21.1 Å². The van der Waals surface area contributed by atoms with Crippen molar-refractivity contribution in [2.45, 2.75) is 38.1 Å². The number of anilines is 2. The molecule has 2 fully saturated rings. The fourth-order valence-corrected chi connectivity index (χ4v) is 3.50. The molecule has 1 atom stereocenters. The van der Waals surface area contributed by atoms with Crippen molar-refractivity contribution in [3.63, 3.8) is 0 Å². The van der Waals surface area contributed by atoms with Gasteiger partial charge >= 0.3 is 0 Å². The molecule has 3 heterocycles. The van der Waals surface area contributed by atoms with Crippen LogP contribution in [-0.2, 0) is 9.59 Å². The van der Waals surface area contributed by atoms with Gasteiger partial charge in [-0.05, 0) is 49.9 Å². The molecule has 8 nitrogen and oxygen atoms in total. The van der Waals surface area contributed by atoms with Gasteiger partial charge in [-0.25, -0.2) is 5.43 Å². The lowest BCUT2D eigenvalue weighted by molar-refractivity contribution is -0.126. The lowest BCUT2D eigenvalue weighted by Gasteiger charge is -2.27. The average molecular weight is 380 g/mol. The SMILES string of the molecule is O=C1CCC(C(=O)Nc2ccc(-c3ccc(N4CCCCC4)nn3)cc2)NN1. The van der Waals surface area contributed by atoms with Gasteiger partial charge in [0.2, 0.25) is 11.8 Å². The van der Waals surface area contributed by atoms with E-state index in [1.54, 1.807) is 0 Å². The van der Waals surface area contributed by atoms with E-state index in [2.05, 4.69) is 31.3 Å². The van der Waals surface area contributed by atoms with Crippen LogP contribution in [0.1, 0.15) is 32.1 Å². The van der Waals surface area contributed by atoms with Gasteiger partial charge in [0.25, 0.3) is 0 Å². The molecule has 2 aliphatic heterocycles. The molecule has 146 valence electrons. The fourth-order valence-electron chi connectivity index (χ4n) is 3.50. The number of hydrazine groups is 1. The van der Waals surface area contributed by atoms with Crippen LogP contribution >= 0.6 is 0 Å². The first-order valence-electron chi connectivity index (χ1n) is 9.73. The van der Waals surface area contributed by atoms with Crippen molar-refractivity contribution in [3.8, 4) is 11.3 Å². The van der Waals surface area contributed by atoms with Crippen molar-refractivity contribution in [1.29, 1.82) is 0 Å². The van der Waals surface area contributed by atoms with Gasteiger partial charge in [0.15, 0.2) is 5.82 Å². The van der Waals surface area contributed by atoms with Crippen molar-refractivity contribution in [2.24, 2.45) is 0 Å². The van der Waals surface area contributed by atoms with Crippen LogP contribution in [0.5, 0.6) is 0 Å². The molecule has 8 heteroatoms. The number of nitrogens with zero attached hydrogens (tertiary/aromatic N) is 3. The predicted molar refractivity (Wildman–Crippen MR) is 106 cm³/mol. The summed E-state index contributed by atoms with van der Waals surface area (Å²) in [5.74, 6) is 0.665. The maximum absolute atomic E-state index is 12.3. The van der Waals surface area contributed by atoms with E-state index in [9.17, 15) is 9.59 Å². The van der Waals surface area contributed by atoms with E-state index < -0.39 is 6.04 Å². The Kier molecular flexibility index (Phi) is 5.48. The highest BCUT2D eigenvalue weighted by atomic mass is 16.2. The quantitative estimate of drug-likeness (QED) is 0.749. The zero-order chi connectivity index (χ0) is 19.3. The molecule has 0 bridgehead atoms. The molecular formula is C20H24N6O2. The molecule has 2 saturated heterocycles. The van der Waals surface area contributed by atoms with E-state index in [1.807, 2.05) is 36.4 Å². The number of aromatic nitrogens is 2. The molecule has 2 amide bonds. The van der Waals surface area contributed by atoms with Gasteiger partial charge in [0.1, 0.15) is 6.04 Å². The maximum atomic E-state index is 12.3. The van der Waals surface area contributed by atoms with Gasteiger partial charge in [-0.15, -0.1) is 10.2 Å². The minimum atomic E-state index is -0.425. The van der Waals surface area contributed by atoms with Crippen LogP contribution in [0.25, 0.3) is 11.3 Å². The highest BCUT2D eigenvalue weighted by molar-refractivity contribution is 5.96. The summed E-state index contributed by atoms with van der Waals surface area (Å²) in [6, 6.07) is 11.1. The van der Waals surface area contributed by atoms with E-state index >= 15 is 0 Å². The molecule has 0 spiro atoms. The Hall–Kier alpha value is -3.00. The predicted octanol–water partition coefficient (Wildman–Crippen LogP) is 1.86. The topological polar surface area (TPSA) is 99.2 Å². The highest BCUT2D eigenvalue weighted by Crippen LogP contribution is 2.22. The first-order valence-corrected chi connectivity index (χ1v) is 9.73. The fraction of sp³-hybridized carbons (Fsp3) is 0.400. The molecule has 4 rings (SSSR count). The number of benzene rings is 1. The van der Waals surface area contributed by atoms with Crippen LogP contribution in [0.2, 0.25) is 0 Å². The Bertz CT molecular complexity index is 821. The van der Waals surface area contributed by atoms with Crippen LogP contribution in [-0.4, -0.2) is 41.1 Å². The van der Waals surface area contributed by atoms with Crippen molar-refractivity contribution >= 4 is 23.3 Å². The van der Waals surface area contributed by atoms with Crippen LogP contribution in [0.4, 0.5) is 11.5 Å². The lowest BCUT2D eigenvalue weighted by atomic mass is 10.1. The Balaban J connectivity index is 1.37. The van der Waals surface area contributed by atoms with Gasteiger partial charge in [0, 0.05) is 30.8 Å². The summed E-state index contributed by atoms with van der Waals surface area (Å²) in [7, 11) is 0. The summed E-state index contributed by atoms with van der Waals surface area (Å²) in [6.07, 6.45) is 4.53. The van der Waals surface area contributed by atoms with E-state index in [4.69, 9.17) is 0 Å². The van der Waals surface area contributed by atoms with Gasteiger partial charge in [-0.1, -0.05) is 12.1 Å². The van der Waals surface area contributed by atoms with E-state index in [-0.39, 0.29) is 11.8 Å². The second-order valence-electron chi connectivity index (χ2n) is 7.17. The molecule has 2 aromatic rings. The molecular weight excluding hydrogens is 356 g/mol. The highest BCUT2D eigenvalue weighted by Gasteiger charge is 2.24. The molecule has 0 saturated carbocycles. The van der Waals surface area contributed by atoms with Crippen molar-refractivity contribution < 1.29 is 9.59 Å². The maximum Gasteiger partial charge on any atom is 0.243 e. The second kappa shape index (κ2) is 8.35. The molecule has 1 aromatic heterocycles. The lowest BCUT2D eigenvalue weighted by Crippen LogP contribution is -2.54. The Morgan fingerprint density at radius 3 is 2.46 bits per heavy atom. The number of nitrogens with one attached hydrogen (secondary N) is 3. The summed E-state index contributed by atoms with van der Waals surface area (Å²) in [5, 5.41) is 11.6. The van der Waals surface area contributed by atoms with Gasteiger partial charge in [0.05, 0.1) is 5.69 Å². The minimum Gasteiger partial charge on any atom is -0.355 e. The molecule has 0 aliphatic carbocycles. The molecule has 28 heavy (non-hydrogen) atoms. The average Bonchev–Trinajstić information content (AvgIpc) is 2.75. The molecule has 3 N–H and O–H groups in total. The Morgan fingerprint density at radius 2 is 1.82 bits per heavy atom. The summed E-state index contributed by atoms with van der Waals surface area (Å²) < 4.78 is 0. The second-order valence-corrected chi connectivity index (χ2v) is 7.17. The van der Waals surface area contributed by atoms with E-state index in [0.717, 1.165) is 30.2 Å². The normalized spacial score (nSPS) is 19.8. The van der Waals surface area contributed by atoms with Crippen LogP contribution in [0.15, 0.2) is 36.4 Å². The number of carbonyl (C=O) groups is 2. The van der Waals surface area contributed by atoms with E-state index in [0.29, 0.717) is 18.5 Å². The first-order chi connectivity index (χ1) is 13.7. The van der Waals surface area contributed by atoms with Crippen molar-refractivity contribution in [2.75, 3.05) is 23.3 Å². The summed E-state index contributed by atoms with van der Waals surface area (Å²) in [6.45, 7) is 2.09. The zero-order valence-electron chi connectivity index (χ0n) is 15.6. The smallest absolute Gasteiger partial charge is 0.243 e. The molecule has 1 aromatic carbocycles. The van der Waals surface area contributed by atoms with Crippen LogP contribution in [0, 0.1) is 0 Å². The number of amides is 2. The van der Waals surface area contributed by atoms with Gasteiger partial charge < -0.3 is 10.2 Å². The number of hydrogen-bond donors (Lipinski definition) is 3. The molecule has 1 unspecified atom stereocenters. The number of carbonyl (C=O) groups excluding carboxylic acids is 2. The van der Waals surface area contributed by atoms with Crippen molar-refractivity contribution in [3.05, 3.63) is 36.4 Å². The molecule has 0 radical (unpaired) electrons. The van der Waals surface area contributed by atoms with Crippen LogP contribution in [0.3, 0.4) is 0 Å². The van der Waals surface area contributed by atoms with Crippen molar-refractivity contribution in [1.82, 2.24) is 21.0 Å². The largest absolute Gasteiger partial charge is 0.355 e. The molecule has 2 aliphatic rings. The number of piperidine rings is 1. The summed E-state index contributed by atoms with van der Waals surface area (Å²) >= 11 is 0. The minimum absolute atomic E-state index is 0.0965. The third-order valence-electron chi connectivity index (χ3n) is 5.14. The van der Waals surface area contributed by atoms with Gasteiger partial charge in [-0.2, -0.15) is 0 Å². The summed E-state index contributed by atoms with van der Waals surface area (Å²) in [4.78, 5) is 25.7. The standard InChI is InChI=1S/C20H24N6O2/c27-19-11-9-17(23-25-19)20(28)21-15-6-4-14(5-7-15)16-8-10-18(24-22-16)26-12-2-1-3-13-26/h4-8,10,17,23H,1-3,9,11-13H2,(H,21,28)(H,25,27). The summed E-state index contributed by atoms with van der Waals surface area (Å²) in [5.41, 5.74) is 7.66. The third kappa shape index (κ3) is 4.28. The number of rotatable bonds is 4.